The van der Waals surface area contributed by atoms with Crippen LogP contribution < -0.4 is 10.6 Å². The Kier molecular flexibility index (Phi) is 7.85. The minimum Gasteiger partial charge on any atom is -0.350 e. The molecule has 0 bridgehead atoms. The van der Waals surface area contributed by atoms with Gasteiger partial charge in [-0.25, -0.2) is 0 Å². The predicted octanol–water partition coefficient (Wildman–Crippen LogP) is 2.02. The first-order chi connectivity index (χ1) is 7.37. The van der Waals surface area contributed by atoms with Crippen molar-refractivity contribution in [3.8, 4) is 0 Å². The smallest absolute Gasteiger partial charge is 0.237 e. The molecule has 3 nitrogen and oxygen atoms in total. The van der Waals surface area contributed by atoms with Gasteiger partial charge in [0.15, 0.2) is 0 Å². The van der Waals surface area contributed by atoms with Gasteiger partial charge < -0.3 is 10.6 Å². The summed E-state index contributed by atoms with van der Waals surface area (Å²) >= 11 is 1.94. The number of carbonyl (C=O) groups is 1. The quantitative estimate of drug-likeness (QED) is 0.675. The molecule has 0 heterocycles. The van der Waals surface area contributed by atoms with Crippen LogP contribution in [0.3, 0.4) is 0 Å². The molecule has 0 radical (unpaired) electrons. The molecule has 2 N–H and O–H groups in total. The van der Waals surface area contributed by atoms with E-state index in [0.29, 0.717) is 0 Å². The van der Waals surface area contributed by atoms with Crippen LogP contribution in [0.4, 0.5) is 0 Å². The second kappa shape index (κ2) is 7.96. The fourth-order valence-corrected chi connectivity index (χ4v) is 1.84. The third-order valence-electron chi connectivity index (χ3n) is 2.01. The highest BCUT2D eigenvalue weighted by Crippen LogP contribution is 2.01. The van der Waals surface area contributed by atoms with Gasteiger partial charge in [0.05, 0.1) is 6.04 Å². The van der Waals surface area contributed by atoms with Crippen LogP contribution in [0.2, 0.25) is 0 Å². The number of nitrogens with one attached hydrogen (secondary N) is 2. The van der Waals surface area contributed by atoms with E-state index in [4.69, 9.17) is 0 Å². The number of hydrogen-bond acceptors (Lipinski definition) is 3. The van der Waals surface area contributed by atoms with Crippen LogP contribution in [0.15, 0.2) is 0 Å². The lowest BCUT2D eigenvalue weighted by Gasteiger charge is -2.23. The van der Waals surface area contributed by atoms with Crippen LogP contribution in [0.25, 0.3) is 0 Å². The first kappa shape index (κ1) is 15.8. The third-order valence-corrected chi connectivity index (χ3v) is 3.00. The van der Waals surface area contributed by atoms with Gasteiger partial charge in [0.25, 0.3) is 0 Å². The molecule has 0 aromatic heterocycles. The summed E-state index contributed by atoms with van der Waals surface area (Å²) in [5, 5.41) is 6.20. The largest absolute Gasteiger partial charge is 0.350 e. The Hall–Kier alpha value is -0.220. The molecule has 0 aliphatic carbocycles. The first-order valence-electron chi connectivity index (χ1n) is 6.00. The van der Waals surface area contributed by atoms with E-state index in [1.165, 1.54) is 5.75 Å². The topological polar surface area (TPSA) is 41.1 Å². The lowest BCUT2D eigenvalue weighted by Crippen LogP contribution is -2.49. The summed E-state index contributed by atoms with van der Waals surface area (Å²) in [4.78, 5) is 11.7. The summed E-state index contributed by atoms with van der Waals surface area (Å²) in [5.74, 6) is 2.41. The van der Waals surface area contributed by atoms with Crippen LogP contribution >= 0.6 is 11.8 Å². The molecule has 0 fully saturated rings. The summed E-state index contributed by atoms with van der Waals surface area (Å²) in [6.45, 7) is 11.0. The molecule has 0 saturated heterocycles. The van der Waals surface area contributed by atoms with Crippen molar-refractivity contribution in [3.63, 3.8) is 0 Å². The Morgan fingerprint density at radius 2 is 2.00 bits per heavy atom. The van der Waals surface area contributed by atoms with Crippen molar-refractivity contribution >= 4 is 17.7 Å². The molecular formula is C12H26N2OS. The van der Waals surface area contributed by atoms with Crippen molar-refractivity contribution in [1.29, 1.82) is 0 Å². The molecular weight excluding hydrogens is 220 g/mol. The summed E-state index contributed by atoms with van der Waals surface area (Å²) in [6, 6.07) is -0.106. The molecule has 1 amide bonds. The van der Waals surface area contributed by atoms with E-state index < -0.39 is 0 Å². The Morgan fingerprint density at radius 3 is 2.50 bits per heavy atom. The van der Waals surface area contributed by atoms with Gasteiger partial charge in [-0.3, -0.25) is 4.79 Å². The monoisotopic (exact) mass is 246 g/mol. The summed E-state index contributed by atoms with van der Waals surface area (Å²) < 4.78 is 0. The van der Waals surface area contributed by atoms with Crippen molar-refractivity contribution in [3.05, 3.63) is 0 Å². The van der Waals surface area contributed by atoms with E-state index in [1.54, 1.807) is 0 Å². The van der Waals surface area contributed by atoms with Crippen molar-refractivity contribution in [2.24, 2.45) is 0 Å². The van der Waals surface area contributed by atoms with Crippen molar-refractivity contribution in [2.75, 3.05) is 18.1 Å². The van der Waals surface area contributed by atoms with Crippen molar-refractivity contribution in [2.45, 2.75) is 52.6 Å². The fourth-order valence-electron chi connectivity index (χ4n) is 1.21. The molecule has 0 aliphatic heterocycles. The lowest BCUT2D eigenvalue weighted by atomic mass is 10.1. The molecule has 1 atom stereocenters. The number of thioether (sulfide) groups is 1. The SMILES string of the molecule is CCSCCCNC(C)C(=O)NC(C)(C)C. The van der Waals surface area contributed by atoms with E-state index in [-0.39, 0.29) is 17.5 Å². The number of rotatable bonds is 7. The molecule has 0 spiro atoms. The average Bonchev–Trinajstić information content (AvgIpc) is 2.14. The first-order valence-corrected chi connectivity index (χ1v) is 7.15. The zero-order valence-corrected chi connectivity index (χ0v) is 12.0. The van der Waals surface area contributed by atoms with Gasteiger partial charge in [0.2, 0.25) is 5.91 Å². The maximum absolute atomic E-state index is 11.7. The van der Waals surface area contributed by atoms with E-state index in [1.807, 2.05) is 39.5 Å². The lowest BCUT2D eigenvalue weighted by molar-refractivity contribution is -0.124. The number of carbonyl (C=O) groups excluding carboxylic acids is 1. The Balaban J connectivity index is 3.64. The number of amides is 1. The second-order valence-electron chi connectivity index (χ2n) is 4.97. The molecule has 96 valence electrons. The Bertz CT molecular complexity index is 202. The maximum Gasteiger partial charge on any atom is 0.237 e. The van der Waals surface area contributed by atoms with E-state index in [9.17, 15) is 4.79 Å². The Morgan fingerprint density at radius 1 is 1.38 bits per heavy atom. The zero-order chi connectivity index (χ0) is 12.6. The highest BCUT2D eigenvalue weighted by molar-refractivity contribution is 7.99. The summed E-state index contributed by atoms with van der Waals surface area (Å²) in [7, 11) is 0. The van der Waals surface area contributed by atoms with Gasteiger partial charge >= 0.3 is 0 Å². The minimum atomic E-state index is -0.148. The molecule has 16 heavy (non-hydrogen) atoms. The molecule has 1 unspecified atom stereocenters. The van der Waals surface area contributed by atoms with Gasteiger partial charge in [-0.15, -0.1) is 0 Å². The van der Waals surface area contributed by atoms with Gasteiger partial charge in [-0.2, -0.15) is 11.8 Å². The molecule has 0 saturated carbocycles. The highest BCUT2D eigenvalue weighted by Gasteiger charge is 2.18. The molecule has 0 rings (SSSR count). The average molecular weight is 246 g/mol. The Labute approximate surface area is 104 Å². The maximum atomic E-state index is 11.7. The van der Waals surface area contributed by atoms with Gasteiger partial charge in [0, 0.05) is 5.54 Å². The zero-order valence-electron chi connectivity index (χ0n) is 11.2. The van der Waals surface area contributed by atoms with Gasteiger partial charge in [-0.1, -0.05) is 6.92 Å². The second-order valence-corrected chi connectivity index (χ2v) is 6.36. The standard InChI is InChI=1S/C12H26N2OS/c1-6-16-9-7-8-13-10(2)11(15)14-12(3,4)5/h10,13H,6-9H2,1-5H3,(H,14,15). The van der Waals surface area contributed by atoms with E-state index in [2.05, 4.69) is 17.6 Å². The molecule has 4 heteroatoms. The third kappa shape index (κ3) is 9.04. The van der Waals surface area contributed by atoms with Gasteiger partial charge in [0.1, 0.15) is 0 Å². The van der Waals surface area contributed by atoms with Crippen LogP contribution in [0.1, 0.15) is 41.0 Å². The van der Waals surface area contributed by atoms with E-state index in [0.717, 1.165) is 18.7 Å². The number of hydrogen-bond donors (Lipinski definition) is 2. The fraction of sp³-hybridized carbons (Fsp3) is 0.917. The van der Waals surface area contributed by atoms with Crippen molar-refractivity contribution in [1.82, 2.24) is 10.6 Å². The summed E-state index contributed by atoms with van der Waals surface area (Å²) in [6.07, 6.45) is 1.12. The van der Waals surface area contributed by atoms with Crippen molar-refractivity contribution < 1.29 is 4.79 Å². The predicted molar refractivity (Wildman–Crippen MR) is 73.0 cm³/mol. The van der Waals surface area contributed by atoms with Gasteiger partial charge in [-0.05, 0) is 52.2 Å². The van der Waals surface area contributed by atoms with Crippen LogP contribution in [0, 0.1) is 0 Å². The normalized spacial score (nSPS) is 13.6. The van der Waals surface area contributed by atoms with Crippen LogP contribution in [0.5, 0.6) is 0 Å². The summed E-state index contributed by atoms with van der Waals surface area (Å²) in [5.41, 5.74) is -0.148. The van der Waals surface area contributed by atoms with E-state index >= 15 is 0 Å². The highest BCUT2D eigenvalue weighted by atomic mass is 32.2. The van der Waals surface area contributed by atoms with Crippen LogP contribution in [-0.2, 0) is 4.79 Å². The van der Waals surface area contributed by atoms with Crippen LogP contribution in [-0.4, -0.2) is 35.5 Å². The molecule has 0 aliphatic rings. The minimum absolute atomic E-state index is 0.0793. The molecule has 0 aromatic carbocycles. The molecule has 0 aromatic rings.